The molecule has 2 aliphatic rings. The fraction of sp³-hybridized carbons (Fsp3) is 0.467. The van der Waals surface area contributed by atoms with Crippen LogP contribution in [0, 0.1) is 6.92 Å². The first kappa shape index (κ1) is 36.3. The van der Waals surface area contributed by atoms with Crippen molar-refractivity contribution in [2.75, 3.05) is 58.6 Å². The largest absolute Gasteiger partial charge is 0.379 e. The van der Waals surface area contributed by atoms with Gasteiger partial charge in [-0.1, -0.05) is 23.8 Å². The highest BCUT2D eigenvalue weighted by Crippen LogP contribution is 2.32. The molecule has 0 aliphatic carbocycles. The minimum absolute atomic E-state index is 0.0473. The molecule has 47 heavy (non-hydrogen) atoms. The maximum absolute atomic E-state index is 13.2. The van der Waals surface area contributed by atoms with Gasteiger partial charge in [-0.05, 0) is 43.5 Å². The molecule has 1 atom stereocenters. The molecule has 2 aromatic rings. The molecule has 0 radical (unpaired) electrons. The first-order chi connectivity index (χ1) is 22.3. The van der Waals surface area contributed by atoms with Crippen LogP contribution in [0.15, 0.2) is 46.2 Å². The first-order valence-electron chi connectivity index (χ1n) is 14.8. The Labute approximate surface area is 272 Å². The summed E-state index contributed by atoms with van der Waals surface area (Å²) in [7, 11) is -8.37. The van der Waals surface area contributed by atoms with E-state index in [1.54, 1.807) is 12.1 Å². The van der Waals surface area contributed by atoms with Crippen LogP contribution in [-0.2, 0) is 54.9 Å². The van der Waals surface area contributed by atoms with Crippen molar-refractivity contribution in [2.45, 2.75) is 42.0 Å². The Morgan fingerprint density at radius 2 is 1.43 bits per heavy atom. The van der Waals surface area contributed by atoms with Crippen molar-refractivity contribution in [1.82, 2.24) is 10.2 Å². The van der Waals surface area contributed by atoms with Crippen molar-refractivity contribution in [3.63, 3.8) is 0 Å². The summed E-state index contributed by atoms with van der Waals surface area (Å²) in [5.41, 5.74) is 0.906. The van der Waals surface area contributed by atoms with Crippen molar-refractivity contribution >= 4 is 43.6 Å². The second kappa shape index (κ2) is 16.0. The minimum atomic E-state index is -4.32. The van der Waals surface area contributed by atoms with E-state index in [4.69, 9.17) is 18.9 Å². The Kier molecular flexibility index (Phi) is 12.4. The second-order valence-electron chi connectivity index (χ2n) is 10.7. The fourth-order valence-electron chi connectivity index (χ4n) is 5.12. The zero-order valence-electron chi connectivity index (χ0n) is 25.6. The number of amides is 4. The van der Waals surface area contributed by atoms with Gasteiger partial charge in [-0.3, -0.25) is 33.9 Å². The maximum atomic E-state index is 13.2. The Morgan fingerprint density at radius 1 is 0.809 bits per heavy atom. The van der Waals surface area contributed by atoms with Gasteiger partial charge in [-0.2, -0.15) is 8.42 Å². The molecule has 4 rings (SSSR count). The molecule has 0 spiro atoms. The van der Waals surface area contributed by atoms with Crippen LogP contribution in [0.1, 0.15) is 44.7 Å². The number of carbonyl (C=O) groups is 4. The predicted molar refractivity (Wildman–Crippen MR) is 163 cm³/mol. The van der Waals surface area contributed by atoms with Gasteiger partial charge in [-0.25, -0.2) is 8.42 Å². The molecule has 2 N–H and O–H groups in total. The van der Waals surface area contributed by atoms with Gasteiger partial charge in [-0.15, -0.1) is 0 Å². The van der Waals surface area contributed by atoms with Crippen LogP contribution in [0.25, 0.3) is 0 Å². The summed E-state index contributed by atoms with van der Waals surface area (Å²) < 4.78 is 80.3. The topological polar surface area (TPSA) is 209 Å². The highest BCUT2D eigenvalue weighted by Gasteiger charge is 2.46. The summed E-state index contributed by atoms with van der Waals surface area (Å²) in [4.78, 5) is 50.2. The number of imide groups is 2. The molecule has 4 amide bonds. The number of nitrogens with zero attached hydrogens (tertiary/aromatic N) is 1. The van der Waals surface area contributed by atoms with E-state index in [2.05, 4.69) is 5.32 Å². The molecular formula is C30H36N2O13S2. The van der Waals surface area contributed by atoms with Gasteiger partial charge >= 0.3 is 0 Å². The quantitative estimate of drug-likeness (QED) is 0.125. The lowest BCUT2D eigenvalue weighted by molar-refractivity contribution is -0.136. The number of rotatable bonds is 18. The van der Waals surface area contributed by atoms with Crippen LogP contribution < -0.4 is 5.32 Å². The summed E-state index contributed by atoms with van der Waals surface area (Å²) in [6, 6.07) is 7.34. The monoisotopic (exact) mass is 696 g/mol. The molecule has 15 nitrogen and oxygen atoms in total. The van der Waals surface area contributed by atoms with Crippen molar-refractivity contribution in [1.29, 1.82) is 0 Å². The van der Waals surface area contributed by atoms with E-state index in [1.807, 2.05) is 6.92 Å². The molecule has 0 saturated carbocycles. The number of hydrogen-bond acceptors (Lipinski definition) is 12. The van der Waals surface area contributed by atoms with Gasteiger partial charge < -0.3 is 18.9 Å². The number of carbonyl (C=O) groups excluding carboxylic acids is 4. The van der Waals surface area contributed by atoms with Crippen LogP contribution in [0.5, 0.6) is 0 Å². The number of ether oxygens (including phenoxy) is 4. The number of benzene rings is 2. The molecule has 1 saturated heterocycles. The normalized spacial score (nSPS) is 16.9. The molecule has 2 aliphatic heterocycles. The lowest BCUT2D eigenvalue weighted by Gasteiger charge is -2.27. The van der Waals surface area contributed by atoms with E-state index >= 15 is 0 Å². The van der Waals surface area contributed by atoms with Crippen molar-refractivity contribution < 1.29 is 59.5 Å². The minimum Gasteiger partial charge on any atom is -0.379 e. The summed E-state index contributed by atoms with van der Waals surface area (Å²) >= 11 is 0. The van der Waals surface area contributed by atoms with Crippen LogP contribution in [-0.4, -0.2) is 115 Å². The number of aryl methyl sites for hydroxylation is 1. The second-order valence-corrected chi connectivity index (χ2v) is 14.2. The molecule has 17 heteroatoms. The van der Waals surface area contributed by atoms with Crippen LogP contribution >= 0.6 is 0 Å². The zero-order valence-corrected chi connectivity index (χ0v) is 27.3. The summed E-state index contributed by atoms with van der Waals surface area (Å²) in [6.07, 6.45) is 0.198. The molecule has 2 aromatic carbocycles. The number of piperidine rings is 1. The lowest BCUT2D eigenvalue weighted by Crippen LogP contribution is -2.54. The number of sulfone groups is 1. The molecule has 1 fully saturated rings. The zero-order chi connectivity index (χ0) is 34.2. The van der Waals surface area contributed by atoms with E-state index < -0.39 is 55.4 Å². The predicted octanol–water partition coefficient (Wildman–Crippen LogP) is 0.726. The van der Waals surface area contributed by atoms with Gasteiger partial charge in [0, 0.05) is 6.42 Å². The van der Waals surface area contributed by atoms with E-state index in [9.17, 15) is 40.6 Å². The Hall–Kier alpha value is -3.58. The number of fused-ring (bicyclic) bond motifs is 1. The Balaban J connectivity index is 1.10. The van der Waals surface area contributed by atoms with Crippen LogP contribution in [0.2, 0.25) is 0 Å². The number of hydrogen-bond donors (Lipinski definition) is 2. The lowest BCUT2D eigenvalue weighted by atomic mass is 10.0. The third-order valence-electron chi connectivity index (χ3n) is 7.39. The summed E-state index contributed by atoms with van der Waals surface area (Å²) in [6.45, 7) is 3.18. The molecular weight excluding hydrogens is 660 g/mol. The molecule has 0 bridgehead atoms. The van der Waals surface area contributed by atoms with E-state index in [0.29, 0.717) is 16.9 Å². The van der Waals surface area contributed by atoms with E-state index in [0.717, 1.165) is 5.56 Å². The van der Waals surface area contributed by atoms with Crippen molar-refractivity contribution in [2.24, 2.45) is 0 Å². The average Bonchev–Trinajstić information content (AvgIpc) is 3.26. The molecule has 1 unspecified atom stereocenters. The van der Waals surface area contributed by atoms with E-state index in [-0.39, 0.29) is 86.6 Å². The molecule has 256 valence electrons. The first-order valence-corrected chi connectivity index (χ1v) is 17.9. The Morgan fingerprint density at radius 3 is 2.04 bits per heavy atom. The van der Waals surface area contributed by atoms with Gasteiger partial charge in [0.2, 0.25) is 11.8 Å². The standard InChI is InChI=1S/C30H36N2O13S2/c1-20-5-7-24(47(39,40)41)21(19-20)9-10-42-11-12-43-13-14-44-15-16-45-17-18-46(37,38)25-4-2-3-22-27(25)30(36)32(29(22)35)23-6-8-26(33)31-28(23)34/h2-5,7,19,23H,6,8-18H2,1H3,(H,31,33,34)(H,39,40,41). The highest BCUT2D eigenvalue weighted by molar-refractivity contribution is 7.91. The SMILES string of the molecule is Cc1ccc(S(=O)(=O)O)c(CCOCCOCCOCCOCCS(=O)(=O)c2cccc3c2C(=O)N(C2CCC(=O)NC2=O)C3=O)c1. The summed E-state index contributed by atoms with van der Waals surface area (Å²) in [5.74, 6) is -3.47. The molecule has 2 heterocycles. The smallest absolute Gasteiger partial charge is 0.294 e. The summed E-state index contributed by atoms with van der Waals surface area (Å²) in [5, 5.41) is 2.10. The van der Waals surface area contributed by atoms with Crippen LogP contribution in [0.4, 0.5) is 0 Å². The molecule has 0 aromatic heterocycles. The van der Waals surface area contributed by atoms with Gasteiger partial charge in [0.15, 0.2) is 9.84 Å². The maximum Gasteiger partial charge on any atom is 0.294 e. The van der Waals surface area contributed by atoms with Gasteiger partial charge in [0.1, 0.15) is 6.04 Å². The van der Waals surface area contributed by atoms with E-state index in [1.165, 1.54) is 24.3 Å². The Bertz CT molecular complexity index is 1720. The third-order valence-corrected chi connectivity index (χ3v) is 10.1. The van der Waals surface area contributed by atoms with Crippen LogP contribution in [0.3, 0.4) is 0 Å². The van der Waals surface area contributed by atoms with Crippen molar-refractivity contribution in [3.8, 4) is 0 Å². The average molecular weight is 697 g/mol. The number of nitrogens with one attached hydrogen (secondary N) is 1. The van der Waals surface area contributed by atoms with Gasteiger partial charge in [0.25, 0.3) is 21.9 Å². The third kappa shape index (κ3) is 9.28. The fourth-order valence-corrected chi connectivity index (χ4v) is 7.20. The van der Waals surface area contributed by atoms with Gasteiger partial charge in [0.05, 0.1) is 79.5 Å². The highest BCUT2D eigenvalue weighted by atomic mass is 32.2. The van der Waals surface area contributed by atoms with Crippen molar-refractivity contribution in [3.05, 3.63) is 58.7 Å².